The molecule has 2 heteroatoms. The van der Waals surface area contributed by atoms with Crippen molar-refractivity contribution in [1.29, 1.82) is 0 Å². The van der Waals surface area contributed by atoms with Crippen LogP contribution in [0.5, 0.6) is 0 Å². The fraction of sp³-hybridized carbons (Fsp3) is 1.00. The zero-order valence-corrected chi connectivity index (χ0v) is 13.1. The molecule has 0 amide bonds. The lowest BCUT2D eigenvalue weighted by atomic mass is 9.73. The van der Waals surface area contributed by atoms with Crippen LogP contribution >= 0.6 is 0 Å². The second-order valence-corrected chi connectivity index (χ2v) is 3.78. The van der Waals surface area contributed by atoms with Gasteiger partial charge in [-0.2, -0.15) is 0 Å². The zero-order valence-electron chi connectivity index (χ0n) is 13.1. The van der Waals surface area contributed by atoms with E-state index >= 15 is 0 Å². The van der Waals surface area contributed by atoms with E-state index in [1.807, 2.05) is 48.5 Å². The summed E-state index contributed by atoms with van der Waals surface area (Å²) in [7, 11) is 0. The predicted molar refractivity (Wildman–Crippen MR) is 76.1 cm³/mol. The normalized spacial score (nSPS) is 14.6. The second kappa shape index (κ2) is 15.9. The summed E-state index contributed by atoms with van der Waals surface area (Å²) in [5.41, 5.74) is -0.391. The Bertz CT molecular complexity index is 118. The molecule has 0 nitrogen and oxygen atoms in total. The van der Waals surface area contributed by atoms with Gasteiger partial charge in [0.25, 0.3) is 0 Å². The molecule has 108 valence electrons. The summed E-state index contributed by atoms with van der Waals surface area (Å²) in [4.78, 5) is 0. The highest BCUT2D eigenvalue weighted by Crippen LogP contribution is 2.39. The van der Waals surface area contributed by atoms with Crippen molar-refractivity contribution >= 4 is 0 Å². The van der Waals surface area contributed by atoms with Crippen LogP contribution in [0.1, 0.15) is 80.6 Å². The molecule has 0 fully saturated rings. The second-order valence-electron chi connectivity index (χ2n) is 3.78. The minimum absolute atomic E-state index is 0.381. The van der Waals surface area contributed by atoms with Crippen LogP contribution in [0.4, 0.5) is 8.78 Å². The topological polar surface area (TPSA) is 0 Å². The van der Waals surface area contributed by atoms with Crippen LogP contribution in [0.2, 0.25) is 0 Å². The molecule has 0 N–H and O–H groups in total. The molecular weight excluding hydrogens is 218 g/mol. The maximum Gasteiger partial charge on any atom is 0.106 e. The molecule has 0 aromatic heterocycles. The van der Waals surface area contributed by atoms with E-state index in [0.717, 1.165) is 19.3 Å². The van der Waals surface area contributed by atoms with E-state index in [9.17, 15) is 8.78 Å². The van der Waals surface area contributed by atoms with Crippen LogP contribution in [0, 0.1) is 5.41 Å². The summed E-state index contributed by atoms with van der Waals surface area (Å²) in [6.07, 6.45) is 2.55. The summed E-state index contributed by atoms with van der Waals surface area (Å²) in [6.45, 7) is 13.4. The highest BCUT2D eigenvalue weighted by molar-refractivity contribution is 4.84. The molecule has 0 spiro atoms. The molecule has 0 rings (SSSR count). The van der Waals surface area contributed by atoms with Crippen molar-refractivity contribution in [3.8, 4) is 0 Å². The molecule has 0 aliphatic carbocycles. The van der Waals surface area contributed by atoms with Crippen LogP contribution in [0.25, 0.3) is 0 Å². The Labute approximate surface area is 108 Å². The third kappa shape index (κ3) is 8.57. The molecule has 0 aliphatic heterocycles. The lowest BCUT2D eigenvalue weighted by Crippen LogP contribution is -2.32. The van der Waals surface area contributed by atoms with E-state index < -0.39 is 18.3 Å². The monoisotopic (exact) mass is 252 g/mol. The average Bonchev–Trinajstić information content (AvgIpc) is 2.42. The van der Waals surface area contributed by atoms with E-state index in [1.54, 1.807) is 0 Å². The first kappa shape index (κ1) is 22.1. The molecule has 17 heavy (non-hydrogen) atoms. The third-order valence-corrected chi connectivity index (χ3v) is 3.07. The molecule has 0 aliphatic rings. The van der Waals surface area contributed by atoms with Crippen molar-refractivity contribution in [3.63, 3.8) is 0 Å². The first-order valence-corrected chi connectivity index (χ1v) is 7.36. The standard InChI is InChI=1S/C11H22F2.2C2H6/c1-4-7-11(6-3,8-9-12)10(13)5-2;2*1-2/h10H,4-9H2,1-3H3;2*1-2H3. The Hall–Kier alpha value is -0.140. The van der Waals surface area contributed by atoms with Crippen LogP contribution in [-0.4, -0.2) is 12.8 Å². The molecule has 0 saturated carbocycles. The smallest absolute Gasteiger partial charge is 0.106 e. The van der Waals surface area contributed by atoms with Crippen molar-refractivity contribution in [2.24, 2.45) is 5.41 Å². The summed E-state index contributed by atoms with van der Waals surface area (Å²) in [5.74, 6) is 0. The van der Waals surface area contributed by atoms with Gasteiger partial charge in [-0.1, -0.05) is 54.9 Å². The highest BCUT2D eigenvalue weighted by atomic mass is 19.1. The molecule has 0 heterocycles. The first-order chi connectivity index (χ1) is 8.16. The van der Waals surface area contributed by atoms with Crippen LogP contribution in [0.15, 0.2) is 0 Å². The average molecular weight is 252 g/mol. The minimum atomic E-state index is -0.840. The van der Waals surface area contributed by atoms with Gasteiger partial charge in [-0.05, 0) is 25.7 Å². The fourth-order valence-corrected chi connectivity index (χ4v) is 2.13. The lowest BCUT2D eigenvalue weighted by molar-refractivity contribution is 0.0660. The molecule has 0 saturated heterocycles. The van der Waals surface area contributed by atoms with E-state index in [0.29, 0.717) is 12.8 Å². The fourth-order valence-electron chi connectivity index (χ4n) is 2.13. The van der Waals surface area contributed by atoms with Gasteiger partial charge >= 0.3 is 0 Å². The number of hydrogen-bond acceptors (Lipinski definition) is 0. The molecule has 0 bridgehead atoms. The minimum Gasteiger partial charge on any atom is -0.251 e. The molecular formula is C15H34F2. The number of halogens is 2. The van der Waals surface area contributed by atoms with Gasteiger partial charge in [-0.25, -0.2) is 4.39 Å². The zero-order chi connectivity index (χ0) is 14.3. The van der Waals surface area contributed by atoms with Crippen molar-refractivity contribution < 1.29 is 8.78 Å². The van der Waals surface area contributed by atoms with Gasteiger partial charge in [0.15, 0.2) is 0 Å². The highest BCUT2D eigenvalue weighted by Gasteiger charge is 2.35. The molecule has 0 aromatic carbocycles. The SMILES string of the molecule is CC.CC.CCCC(CC)(CCF)C(F)CC. The predicted octanol–water partition coefficient (Wildman–Crippen LogP) is 6.34. The van der Waals surface area contributed by atoms with E-state index in [2.05, 4.69) is 0 Å². The maximum atomic E-state index is 13.7. The molecule has 0 radical (unpaired) electrons. The van der Waals surface area contributed by atoms with Gasteiger partial charge in [0, 0.05) is 5.41 Å². The van der Waals surface area contributed by atoms with Gasteiger partial charge in [-0.3, -0.25) is 4.39 Å². The summed E-state index contributed by atoms with van der Waals surface area (Å²) in [6, 6.07) is 0. The first-order valence-electron chi connectivity index (χ1n) is 7.36. The van der Waals surface area contributed by atoms with Crippen molar-refractivity contribution in [1.82, 2.24) is 0 Å². The van der Waals surface area contributed by atoms with E-state index in [-0.39, 0.29) is 0 Å². The number of hydrogen-bond donors (Lipinski definition) is 0. The molecule has 2 unspecified atom stereocenters. The third-order valence-electron chi connectivity index (χ3n) is 3.07. The Kier molecular flexibility index (Phi) is 20.6. The molecule has 2 atom stereocenters. The van der Waals surface area contributed by atoms with E-state index in [1.165, 1.54) is 0 Å². The van der Waals surface area contributed by atoms with Gasteiger partial charge < -0.3 is 0 Å². The van der Waals surface area contributed by atoms with Gasteiger partial charge in [0.1, 0.15) is 6.17 Å². The quantitative estimate of drug-likeness (QED) is 0.495. The number of alkyl halides is 2. The van der Waals surface area contributed by atoms with Crippen LogP contribution in [0.3, 0.4) is 0 Å². The molecule has 0 aromatic rings. The Morgan fingerprint density at radius 2 is 1.41 bits per heavy atom. The van der Waals surface area contributed by atoms with E-state index in [4.69, 9.17) is 0 Å². The number of rotatable bonds is 7. The van der Waals surface area contributed by atoms with Gasteiger partial charge in [0.2, 0.25) is 0 Å². The van der Waals surface area contributed by atoms with Gasteiger partial charge in [-0.15, -0.1) is 0 Å². The summed E-state index contributed by atoms with van der Waals surface area (Å²) >= 11 is 0. The van der Waals surface area contributed by atoms with Crippen molar-refractivity contribution in [3.05, 3.63) is 0 Å². The Balaban J connectivity index is -0.000000439. The summed E-state index contributed by atoms with van der Waals surface area (Å²) < 4.78 is 26.0. The van der Waals surface area contributed by atoms with Crippen LogP contribution in [-0.2, 0) is 0 Å². The van der Waals surface area contributed by atoms with Crippen LogP contribution < -0.4 is 0 Å². The van der Waals surface area contributed by atoms with Crippen molar-refractivity contribution in [2.75, 3.05) is 6.67 Å². The maximum absolute atomic E-state index is 13.7. The van der Waals surface area contributed by atoms with Crippen molar-refractivity contribution in [2.45, 2.75) is 86.7 Å². The Morgan fingerprint density at radius 1 is 0.941 bits per heavy atom. The summed E-state index contributed by atoms with van der Waals surface area (Å²) in [5, 5.41) is 0. The lowest BCUT2D eigenvalue weighted by Gasteiger charge is -2.34. The Morgan fingerprint density at radius 3 is 1.65 bits per heavy atom. The largest absolute Gasteiger partial charge is 0.251 e. The van der Waals surface area contributed by atoms with Gasteiger partial charge in [0.05, 0.1) is 6.67 Å².